The minimum atomic E-state index is -0.299. The minimum Gasteiger partial charge on any atom is -0.273 e. The summed E-state index contributed by atoms with van der Waals surface area (Å²) in [5, 5.41) is 0. The van der Waals surface area contributed by atoms with Gasteiger partial charge in [0.25, 0.3) is 0 Å². The number of hydrazine groups is 1. The second-order valence-electron chi connectivity index (χ2n) is 9.23. The minimum absolute atomic E-state index is 0.00952. The predicted octanol–water partition coefficient (Wildman–Crippen LogP) is 3.32. The van der Waals surface area contributed by atoms with Gasteiger partial charge in [0.1, 0.15) is 0 Å². The molecule has 128 valence electrons. The molecule has 4 nitrogen and oxygen atoms in total. The van der Waals surface area contributed by atoms with Gasteiger partial charge in [-0.25, -0.2) is 0 Å². The van der Waals surface area contributed by atoms with Gasteiger partial charge in [0.2, 0.25) is 11.8 Å². The molecule has 0 spiro atoms. The van der Waals surface area contributed by atoms with E-state index in [-0.39, 0.29) is 22.6 Å². The number of carbonyl (C=O) groups excluding carboxylic acids is 2. The standard InChI is InChI=1S/C19H30N2O2/c1-18(5-3-2-4-6-18)16(22)20-21-17(23)19-10-13-7-14(11-19)9-15(8-13)12-19/h13-15H,2-12H2,1H3,(H,20,22)(H,21,23). The lowest BCUT2D eigenvalue weighted by Crippen LogP contribution is -2.58. The molecule has 5 saturated carbocycles. The molecule has 23 heavy (non-hydrogen) atoms. The zero-order chi connectivity index (χ0) is 16.1. The lowest BCUT2D eigenvalue weighted by molar-refractivity contribution is -0.150. The third kappa shape index (κ3) is 2.68. The molecule has 0 aromatic rings. The first-order chi connectivity index (χ1) is 11.0. The molecule has 0 heterocycles. The SMILES string of the molecule is CC1(C(=O)NNC(=O)C23CC4CC(CC(C4)C2)C3)CCCCC1. The Morgan fingerprint density at radius 3 is 1.78 bits per heavy atom. The van der Waals surface area contributed by atoms with Gasteiger partial charge in [-0.05, 0) is 69.1 Å². The predicted molar refractivity (Wildman–Crippen MR) is 88.1 cm³/mol. The Hall–Kier alpha value is -1.06. The summed E-state index contributed by atoms with van der Waals surface area (Å²) in [7, 11) is 0. The van der Waals surface area contributed by atoms with Gasteiger partial charge in [-0.2, -0.15) is 0 Å². The number of hydrogen-bond acceptors (Lipinski definition) is 2. The highest BCUT2D eigenvalue weighted by Crippen LogP contribution is 2.60. The average molecular weight is 318 g/mol. The second kappa shape index (κ2) is 5.49. The van der Waals surface area contributed by atoms with Gasteiger partial charge in [-0.1, -0.05) is 26.2 Å². The molecule has 0 aromatic carbocycles. The third-order valence-corrected chi connectivity index (χ3v) is 7.31. The Balaban J connectivity index is 1.38. The summed E-state index contributed by atoms with van der Waals surface area (Å²) in [5.41, 5.74) is 5.12. The Bertz CT molecular complexity index is 472. The molecule has 0 aromatic heterocycles. The summed E-state index contributed by atoms with van der Waals surface area (Å²) < 4.78 is 0. The fourth-order valence-electron chi connectivity index (χ4n) is 6.34. The molecule has 0 aliphatic heterocycles. The van der Waals surface area contributed by atoms with Crippen molar-refractivity contribution in [3.8, 4) is 0 Å². The van der Waals surface area contributed by atoms with Crippen molar-refractivity contribution in [2.75, 3.05) is 0 Å². The molecular weight excluding hydrogens is 288 g/mol. The van der Waals surface area contributed by atoms with Crippen LogP contribution in [0.1, 0.15) is 77.6 Å². The Morgan fingerprint density at radius 2 is 1.26 bits per heavy atom. The summed E-state index contributed by atoms with van der Waals surface area (Å²) in [6.07, 6.45) is 12.4. The van der Waals surface area contributed by atoms with Gasteiger partial charge >= 0.3 is 0 Å². The van der Waals surface area contributed by atoms with E-state index in [1.165, 1.54) is 25.7 Å². The first-order valence-electron chi connectivity index (χ1n) is 9.60. The van der Waals surface area contributed by atoms with Crippen molar-refractivity contribution in [1.29, 1.82) is 0 Å². The molecule has 4 bridgehead atoms. The fourth-order valence-corrected chi connectivity index (χ4v) is 6.34. The molecule has 5 rings (SSSR count). The summed E-state index contributed by atoms with van der Waals surface area (Å²) in [5.74, 6) is 2.34. The van der Waals surface area contributed by atoms with Crippen LogP contribution in [0.3, 0.4) is 0 Å². The van der Waals surface area contributed by atoms with E-state index in [0.717, 1.165) is 62.7 Å². The van der Waals surface area contributed by atoms with Crippen LogP contribution in [0.2, 0.25) is 0 Å². The van der Waals surface area contributed by atoms with Crippen LogP contribution in [-0.4, -0.2) is 11.8 Å². The van der Waals surface area contributed by atoms with Crippen LogP contribution >= 0.6 is 0 Å². The van der Waals surface area contributed by atoms with Gasteiger partial charge in [0.05, 0.1) is 5.41 Å². The van der Waals surface area contributed by atoms with Crippen molar-refractivity contribution < 1.29 is 9.59 Å². The van der Waals surface area contributed by atoms with Crippen LogP contribution in [0.5, 0.6) is 0 Å². The van der Waals surface area contributed by atoms with E-state index >= 15 is 0 Å². The smallest absolute Gasteiger partial charge is 0.244 e. The highest BCUT2D eigenvalue weighted by molar-refractivity contribution is 5.88. The first kappa shape index (κ1) is 15.5. The van der Waals surface area contributed by atoms with Crippen LogP contribution < -0.4 is 10.9 Å². The fraction of sp³-hybridized carbons (Fsp3) is 0.895. The third-order valence-electron chi connectivity index (χ3n) is 7.31. The zero-order valence-corrected chi connectivity index (χ0v) is 14.3. The van der Waals surface area contributed by atoms with E-state index in [9.17, 15) is 9.59 Å². The molecular formula is C19H30N2O2. The van der Waals surface area contributed by atoms with Crippen LogP contribution in [0.4, 0.5) is 0 Å². The molecule has 5 fully saturated rings. The average Bonchev–Trinajstić information content (AvgIpc) is 2.51. The molecule has 4 heteroatoms. The zero-order valence-electron chi connectivity index (χ0n) is 14.3. The van der Waals surface area contributed by atoms with Gasteiger partial charge in [-0.15, -0.1) is 0 Å². The van der Waals surface area contributed by atoms with Crippen LogP contribution in [-0.2, 0) is 9.59 Å². The van der Waals surface area contributed by atoms with Gasteiger partial charge in [-0.3, -0.25) is 20.4 Å². The van der Waals surface area contributed by atoms with Gasteiger partial charge in [0, 0.05) is 5.41 Å². The van der Waals surface area contributed by atoms with Gasteiger partial charge < -0.3 is 0 Å². The molecule has 2 N–H and O–H groups in total. The Morgan fingerprint density at radius 1 is 0.783 bits per heavy atom. The maximum atomic E-state index is 12.9. The summed E-state index contributed by atoms with van der Waals surface area (Å²) >= 11 is 0. The summed E-state index contributed by atoms with van der Waals surface area (Å²) in [6, 6.07) is 0. The summed E-state index contributed by atoms with van der Waals surface area (Å²) in [4.78, 5) is 25.4. The lowest BCUT2D eigenvalue weighted by Gasteiger charge is -2.55. The molecule has 5 aliphatic rings. The van der Waals surface area contributed by atoms with Crippen molar-refractivity contribution in [1.82, 2.24) is 10.9 Å². The molecule has 0 saturated heterocycles. The Labute approximate surface area is 139 Å². The van der Waals surface area contributed by atoms with Gasteiger partial charge in [0.15, 0.2) is 0 Å². The van der Waals surface area contributed by atoms with E-state index in [4.69, 9.17) is 0 Å². The number of rotatable bonds is 2. The van der Waals surface area contributed by atoms with E-state index in [1.807, 2.05) is 6.92 Å². The van der Waals surface area contributed by atoms with Crippen molar-refractivity contribution in [3.05, 3.63) is 0 Å². The lowest BCUT2D eigenvalue weighted by atomic mass is 9.49. The van der Waals surface area contributed by atoms with Crippen LogP contribution in [0.15, 0.2) is 0 Å². The maximum Gasteiger partial charge on any atom is 0.244 e. The molecule has 0 unspecified atom stereocenters. The van der Waals surface area contributed by atoms with E-state index in [2.05, 4.69) is 10.9 Å². The van der Waals surface area contributed by atoms with Crippen molar-refractivity contribution in [2.45, 2.75) is 77.6 Å². The highest BCUT2D eigenvalue weighted by Gasteiger charge is 2.54. The maximum absolute atomic E-state index is 12.9. The largest absolute Gasteiger partial charge is 0.273 e. The van der Waals surface area contributed by atoms with E-state index < -0.39 is 0 Å². The van der Waals surface area contributed by atoms with E-state index in [1.54, 1.807) is 0 Å². The van der Waals surface area contributed by atoms with E-state index in [0.29, 0.717) is 0 Å². The Kier molecular flexibility index (Phi) is 3.69. The number of amides is 2. The molecule has 0 atom stereocenters. The number of carbonyl (C=O) groups is 2. The quantitative estimate of drug-likeness (QED) is 0.767. The second-order valence-corrected chi connectivity index (χ2v) is 9.23. The van der Waals surface area contributed by atoms with Crippen molar-refractivity contribution in [2.24, 2.45) is 28.6 Å². The molecule has 5 aliphatic carbocycles. The molecule has 2 amide bonds. The number of nitrogens with one attached hydrogen (secondary N) is 2. The van der Waals surface area contributed by atoms with Crippen LogP contribution in [0, 0.1) is 28.6 Å². The monoisotopic (exact) mass is 318 g/mol. The summed E-state index contributed by atoms with van der Waals surface area (Å²) in [6.45, 7) is 2.04. The number of hydrogen-bond donors (Lipinski definition) is 2. The molecule has 0 radical (unpaired) electrons. The van der Waals surface area contributed by atoms with Crippen molar-refractivity contribution >= 4 is 11.8 Å². The highest BCUT2D eigenvalue weighted by atomic mass is 16.2. The first-order valence-corrected chi connectivity index (χ1v) is 9.60. The van der Waals surface area contributed by atoms with Crippen LogP contribution in [0.25, 0.3) is 0 Å². The van der Waals surface area contributed by atoms with Crippen molar-refractivity contribution in [3.63, 3.8) is 0 Å². The topological polar surface area (TPSA) is 58.2 Å². The normalized spacial score (nSPS) is 40.7.